The summed E-state index contributed by atoms with van der Waals surface area (Å²) in [6.07, 6.45) is 20.1. The van der Waals surface area contributed by atoms with Crippen molar-refractivity contribution < 1.29 is 57.1 Å². The van der Waals surface area contributed by atoms with Crippen LogP contribution < -0.4 is 10.2 Å². The number of amides is 1. The number of carbonyl (C=O) groups is 4. The molecule has 18 heteroatoms. The fourth-order valence-electron chi connectivity index (χ4n) is 8.26. The third-order valence-electron chi connectivity index (χ3n) is 12.5. The van der Waals surface area contributed by atoms with Crippen molar-refractivity contribution in [2.45, 2.75) is 116 Å². The fourth-order valence-corrected chi connectivity index (χ4v) is 9.00. The van der Waals surface area contributed by atoms with Crippen molar-refractivity contribution in [2.24, 2.45) is 0 Å². The van der Waals surface area contributed by atoms with Gasteiger partial charge in [-0.05, 0) is 42.5 Å². The lowest BCUT2D eigenvalue weighted by molar-refractivity contribution is -0.870. The van der Waals surface area contributed by atoms with Crippen LogP contribution in [-0.4, -0.2) is 178 Å². The Hall–Kier alpha value is -3.77. The van der Waals surface area contributed by atoms with Crippen LogP contribution in [0.15, 0.2) is 54.6 Å². The number of carbonyl (C=O) groups excluding carboxylic acids is 2. The molecule has 1 aliphatic heterocycles. The van der Waals surface area contributed by atoms with Crippen LogP contribution in [0.25, 0.3) is 0 Å². The molecule has 17 nitrogen and oxygen atoms in total. The van der Waals surface area contributed by atoms with Crippen LogP contribution in [-0.2, 0) is 50.6 Å². The van der Waals surface area contributed by atoms with Crippen molar-refractivity contribution in [3.05, 3.63) is 65.7 Å². The number of nitrogens with zero attached hydrogens (tertiary/aromatic N) is 5. The zero-order valence-corrected chi connectivity index (χ0v) is 43.7. The summed E-state index contributed by atoms with van der Waals surface area (Å²) >= 11 is 0. The third-order valence-corrected chi connectivity index (χ3v) is 13.5. The number of likely N-dealkylation sites (N-methyl/N-ethyl adjacent to an activating group) is 1. The molecule has 0 saturated carbocycles. The third kappa shape index (κ3) is 31.5. The number of rotatable bonds is 35. The maximum Gasteiger partial charge on any atom is 0.320 e. The maximum absolute atomic E-state index is 13.3. The Balaban J connectivity index is 1.26. The van der Waals surface area contributed by atoms with Gasteiger partial charge in [0.2, 0.25) is 5.91 Å². The van der Waals surface area contributed by atoms with E-state index in [1.807, 2.05) is 73.4 Å². The molecule has 1 heterocycles. The lowest BCUT2D eigenvalue weighted by Crippen LogP contribution is -2.49. The lowest BCUT2D eigenvalue weighted by Gasteiger charge is -2.33. The van der Waals surface area contributed by atoms with Gasteiger partial charge in [0.15, 0.2) is 0 Å². The first-order valence-corrected chi connectivity index (χ1v) is 27.3. The molecule has 0 bridgehead atoms. The average molecular weight is 1000 g/mol. The van der Waals surface area contributed by atoms with Gasteiger partial charge in [-0.25, -0.2) is 0 Å². The standard InChI is InChI=1S/C52H87N6O11P/c1-58(2,3)38-40-69-70(65,66)68-39-22-17-15-13-11-9-7-5-4-6-8-10-12-14-16-19-23-46-26-28-48(29-27-46)53-49(59)41-54-30-32-55(42-50(60)61)34-36-57(37-35-56(33-31-54)43-51(62)63)44-52(64)67-45-47-24-20-18-21-25-47/h18,20-21,24-29H,4-17,19,22-23,30-45H2,1-3H3,(H3-,53,59,60,61,62,63,65,66). The lowest BCUT2D eigenvalue weighted by atomic mass is 10.0. The summed E-state index contributed by atoms with van der Waals surface area (Å²) in [5.41, 5.74) is 2.80. The number of benzene rings is 2. The molecule has 1 atom stereocenters. The molecular formula is C52H87N6O11P. The molecule has 2 aromatic carbocycles. The Kier molecular flexibility index (Phi) is 30.6. The molecule has 1 fully saturated rings. The van der Waals surface area contributed by atoms with Crippen molar-refractivity contribution in [3.63, 3.8) is 0 Å². The number of anilines is 1. The number of aryl methyl sites for hydroxylation is 1. The van der Waals surface area contributed by atoms with E-state index < -0.39 is 25.7 Å². The van der Waals surface area contributed by atoms with Crippen molar-refractivity contribution in [1.82, 2.24) is 19.6 Å². The predicted molar refractivity (Wildman–Crippen MR) is 272 cm³/mol. The molecule has 3 N–H and O–H groups in total. The molecule has 0 radical (unpaired) electrons. The monoisotopic (exact) mass is 1000 g/mol. The minimum Gasteiger partial charge on any atom is -0.756 e. The van der Waals surface area contributed by atoms with E-state index in [0.717, 1.165) is 37.7 Å². The molecule has 2 aromatic rings. The van der Waals surface area contributed by atoms with Gasteiger partial charge in [0, 0.05) is 58.0 Å². The first kappa shape index (κ1) is 60.5. The number of unbranched alkanes of at least 4 members (excludes halogenated alkanes) is 15. The molecule has 0 aliphatic carbocycles. The largest absolute Gasteiger partial charge is 0.756 e. The van der Waals surface area contributed by atoms with E-state index in [9.17, 15) is 38.8 Å². The van der Waals surface area contributed by atoms with Crippen LogP contribution >= 0.6 is 7.82 Å². The second-order valence-corrected chi connectivity index (χ2v) is 21.2. The number of aliphatic carboxylic acids is 2. The molecule has 0 spiro atoms. The molecule has 396 valence electrons. The summed E-state index contributed by atoms with van der Waals surface area (Å²) < 4.78 is 27.9. The molecule has 70 heavy (non-hydrogen) atoms. The van der Waals surface area contributed by atoms with Gasteiger partial charge in [-0.15, -0.1) is 0 Å². The van der Waals surface area contributed by atoms with Gasteiger partial charge < -0.3 is 38.7 Å². The van der Waals surface area contributed by atoms with E-state index in [1.54, 1.807) is 9.80 Å². The molecule has 1 aliphatic rings. The molecule has 1 amide bonds. The van der Waals surface area contributed by atoms with E-state index in [1.165, 1.54) is 82.6 Å². The summed E-state index contributed by atoms with van der Waals surface area (Å²) in [5.74, 6) is -2.55. The van der Waals surface area contributed by atoms with E-state index in [0.29, 0.717) is 69.1 Å². The minimum absolute atomic E-state index is 0.0102. The Morgan fingerprint density at radius 1 is 0.557 bits per heavy atom. The number of phosphoric acid groups is 1. The van der Waals surface area contributed by atoms with Crippen molar-refractivity contribution in [1.29, 1.82) is 0 Å². The summed E-state index contributed by atoms with van der Waals surface area (Å²) in [6.45, 7) is 3.77. The number of quaternary nitrogens is 1. The number of hydrogen-bond donors (Lipinski definition) is 3. The minimum atomic E-state index is -4.20. The zero-order valence-electron chi connectivity index (χ0n) is 42.8. The first-order chi connectivity index (χ1) is 33.5. The Bertz CT molecular complexity index is 1770. The highest BCUT2D eigenvalue weighted by molar-refractivity contribution is 7.45. The van der Waals surface area contributed by atoms with Crippen molar-refractivity contribution in [2.75, 3.05) is 125 Å². The summed E-state index contributed by atoms with van der Waals surface area (Å²) in [5, 5.41) is 22.3. The number of carboxylic acids is 2. The van der Waals surface area contributed by atoms with E-state index in [4.69, 9.17) is 13.8 Å². The Morgan fingerprint density at radius 3 is 1.43 bits per heavy atom. The second-order valence-electron chi connectivity index (χ2n) is 19.8. The number of ether oxygens (including phenoxy) is 1. The fraction of sp³-hybridized carbons (Fsp3) is 0.692. The number of carboxylic acid groups (broad SMARTS) is 2. The van der Waals surface area contributed by atoms with Gasteiger partial charge in [0.1, 0.15) is 19.8 Å². The van der Waals surface area contributed by atoms with Crippen LogP contribution in [0.5, 0.6) is 0 Å². The van der Waals surface area contributed by atoms with Gasteiger partial charge in [0.05, 0.1) is 53.9 Å². The van der Waals surface area contributed by atoms with E-state index >= 15 is 0 Å². The molecule has 1 saturated heterocycles. The summed E-state index contributed by atoms with van der Waals surface area (Å²) in [6, 6.07) is 17.4. The normalized spacial score (nSPS) is 15.9. The predicted octanol–water partition coefficient (Wildman–Crippen LogP) is 6.75. The van der Waals surface area contributed by atoms with Crippen LogP contribution in [0.4, 0.5) is 5.69 Å². The Labute approximate surface area is 419 Å². The highest BCUT2D eigenvalue weighted by Gasteiger charge is 2.22. The number of phosphoric ester groups is 1. The van der Waals surface area contributed by atoms with Crippen molar-refractivity contribution >= 4 is 37.3 Å². The smallest absolute Gasteiger partial charge is 0.320 e. The van der Waals surface area contributed by atoms with Gasteiger partial charge in [-0.1, -0.05) is 132 Å². The number of esters is 1. The van der Waals surface area contributed by atoms with E-state index in [-0.39, 0.29) is 51.9 Å². The summed E-state index contributed by atoms with van der Waals surface area (Å²) in [7, 11) is 1.75. The van der Waals surface area contributed by atoms with E-state index in [2.05, 4.69) is 17.4 Å². The molecule has 0 aromatic heterocycles. The van der Waals surface area contributed by atoms with Gasteiger partial charge in [-0.2, -0.15) is 0 Å². The van der Waals surface area contributed by atoms with Crippen LogP contribution in [0.1, 0.15) is 114 Å². The summed E-state index contributed by atoms with van der Waals surface area (Å²) in [4.78, 5) is 69.0. The SMILES string of the molecule is C[N+](C)(C)CCOP(=O)([O-])OCCCCCCCCCCCCCCCCCCc1ccc(NC(=O)CN2CCN(CC(=O)O)CCN(CC(=O)OCc3ccccc3)CCN(CC(=O)O)CC2)cc1. The zero-order chi connectivity index (χ0) is 50.9. The van der Waals surface area contributed by atoms with Gasteiger partial charge in [0.25, 0.3) is 7.82 Å². The highest BCUT2D eigenvalue weighted by Crippen LogP contribution is 2.38. The quantitative estimate of drug-likeness (QED) is 0.0283. The van der Waals surface area contributed by atoms with Gasteiger partial charge >= 0.3 is 17.9 Å². The first-order valence-electron chi connectivity index (χ1n) is 25.9. The van der Waals surface area contributed by atoms with Crippen LogP contribution in [0.3, 0.4) is 0 Å². The number of nitrogens with one attached hydrogen (secondary N) is 1. The Morgan fingerprint density at radius 2 is 0.971 bits per heavy atom. The average Bonchev–Trinajstić information content (AvgIpc) is 3.30. The highest BCUT2D eigenvalue weighted by atomic mass is 31.2. The van der Waals surface area contributed by atoms with Crippen LogP contribution in [0, 0.1) is 0 Å². The molecule has 3 rings (SSSR count). The molecule has 1 unspecified atom stereocenters. The maximum atomic E-state index is 13.3. The van der Waals surface area contributed by atoms with Crippen LogP contribution in [0.2, 0.25) is 0 Å². The van der Waals surface area contributed by atoms with Gasteiger partial charge in [-0.3, -0.25) is 43.3 Å². The molecular weight excluding hydrogens is 916 g/mol. The van der Waals surface area contributed by atoms with Crippen molar-refractivity contribution in [3.8, 4) is 0 Å². The number of hydrogen-bond acceptors (Lipinski definition) is 13. The second kappa shape index (κ2) is 35.4. The topological polar surface area (TPSA) is 202 Å².